The van der Waals surface area contributed by atoms with E-state index in [0.717, 1.165) is 11.7 Å². The highest BCUT2D eigenvalue weighted by Crippen LogP contribution is 2.20. The first-order valence-electron chi connectivity index (χ1n) is 4.72. The molecule has 0 saturated carbocycles. The molecule has 1 rings (SSSR count). The van der Waals surface area contributed by atoms with Gasteiger partial charge >= 0.3 is 0 Å². The second kappa shape index (κ2) is 4.24. The normalized spacial score (nSPS) is 28.2. The molecule has 1 saturated heterocycles. The number of nitrogens with one attached hydrogen (secondary N) is 1. The van der Waals surface area contributed by atoms with Crippen molar-refractivity contribution in [2.75, 3.05) is 27.7 Å². The molecule has 0 aliphatic carbocycles. The van der Waals surface area contributed by atoms with E-state index in [2.05, 4.69) is 36.1 Å². The molecule has 0 aromatic carbocycles. The molecule has 0 bridgehead atoms. The van der Waals surface area contributed by atoms with Crippen molar-refractivity contribution < 1.29 is 0 Å². The molecule has 1 aliphatic heterocycles. The highest BCUT2D eigenvalue weighted by molar-refractivity contribution is 7.80. The Morgan fingerprint density at radius 1 is 1.54 bits per heavy atom. The molecule has 2 unspecified atom stereocenters. The van der Waals surface area contributed by atoms with E-state index in [-0.39, 0.29) is 0 Å². The Hall–Kier alpha value is -0.350. The van der Waals surface area contributed by atoms with Crippen LogP contribution in [0.4, 0.5) is 0 Å². The number of hydrogen-bond donors (Lipinski definition) is 1. The zero-order valence-corrected chi connectivity index (χ0v) is 9.69. The summed E-state index contributed by atoms with van der Waals surface area (Å²) in [6.45, 7) is 3.31. The Kier molecular flexibility index (Phi) is 3.50. The minimum atomic E-state index is 0.523. The lowest BCUT2D eigenvalue weighted by atomic mass is 10.1. The van der Waals surface area contributed by atoms with Gasteiger partial charge in [0, 0.05) is 25.7 Å². The monoisotopic (exact) mass is 201 g/mol. The zero-order valence-electron chi connectivity index (χ0n) is 8.87. The van der Waals surface area contributed by atoms with Gasteiger partial charge in [0.15, 0.2) is 5.11 Å². The summed E-state index contributed by atoms with van der Waals surface area (Å²) in [6, 6.07) is 1.15. The van der Waals surface area contributed by atoms with Gasteiger partial charge in [0.2, 0.25) is 0 Å². The lowest BCUT2D eigenvalue weighted by molar-refractivity contribution is 0.246. The smallest absolute Gasteiger partial charge is 0.168 e. The maximum absolute atomic E-state index is 5.23. The van der Waals surface area contributed by atoms with Crippen molar-refractivity contribution in [2.45, 2.75) is 25.4 Å². The quantitative estimate of drug-likeness (QED) is 0.623. The van der Waals surface area contributed by atoms with Gasteiger partial charge in [0.05, 0.1) is 0 Å². The van der Waals surface area contributed by atoms with Crippen LogP contribution in [0.1, 0.15) is 13.3 Å². The van der Waals surface area contributed by atoms with Crippen molar-refractivity contribution in [1.82, 2.24) is 15.1 Å². The van der Waals surface area contributed by atoms with Crippen LogP contribution in [-0.2, 0) is 0 Å². The molecule has 1 N–H and O–H groups in total. The van der Waals surface area contributed by atoms with E-state index >= 15 is 0 Å². The van der Waals surface area contributed by atoms with E-state index in [9.17, 15) is 0 Å². The second-order valence-corrected chi connectivity index (χ2v) is 4.20. The lowest BCUT2D eigenvalue weighted by Gasteiger charge is -2.29. The van der Waals surface area contributed by atoms with E-state index in [1.54, 1.807) is 0 Å². The molecule has 2 atom stereocenters. The summed E-state index contributed by atoms with van der Waals surface area (Å²) in [5, 5.41) is 3.91. The third-order valence-corrected chi connectivity index (χ3v) is 3.29. The topological polar surface area (TPSA) is 18.5 Å². The molecule has 4 heteroatoms. The predicted molar refractivity (Wildman–Crippen MR) is 59.9 cm³/mol. The summed E-state index contributed by atoms with van der Waals surface area (Å²) in [6.07, 6.45) is 1.20. The average molecular weight is 201 g/mol. The zero-order chi connectivity index (χ0) is 10.0. The van der Waals surface area contributed by atoms with Crippen molar-refractivity contribution >= 4 is 17.3 Å². The second-order valence-electron chi connectivity index (χ2n) is 3.81. The molecule has 0 aromatic rings. The fourth-order valence-corrected chi connectivity index (χ4v) is 2.30. The molecule has 0 spiro atoms. The number of nitrogens with zero attached hydrogens (tertiary/aromatic N) is 2. The Morgan fingerprint density at radius 3 is 2.54 bits per heavy atom. The number of hydrogen-bond acceptors (Lipinski definition) is 2. The summed E-state index contributed by atoms with van der Waals surface area (Å²) < 4.78 is 0. The standard InChI is InChI=1S/C9H19N3S/c1-7-8(11(3)4)5-6-12(7)9(13)10-2/h7-8H,5-6H2,1-4H3,(H,10,13). The first kappa shape index (κ1) is 10.7. The molecule has 13 heavy (non-hydrogen) atoms. The van der Waals surface area contributed by atoms with Gasteiger partial charge in [-0.15, -0.1) is 0 Å². The number of likely N-dealkylation sites (N-methyl/N-ethyl adjacent to an activating group) is 1. The lowest BCUT2D eigenvalue weighted by Crippen LogP contribution is -2.45. The van der Waals surface area contributed by atoms with Gasteiger partial charge in [0.25, 0.3) is 0 Å². The van der Waals surface area contributed by atoms with Crippen LogP contribution >= 0.6 is 12.2 Å². The molecular weight excluding hydrogens is 182 g/mol. The molecule has 1 aliphatic rings. The van der Waals surface area contributed by atoms with E-state index in [4.69, 9.17) is 12.2 Å². The third kappa shape index (κ3) is 2.11. The van der Waals surface area contributed by atoms with Crippen LogP contribution in [0.15, 0.2) is 0 Å². The van der Waals surface area contributed by atoms with Crippen LogP contribution in [0.25, 0.3) is 0 Å². The molecule has 3 nitrogen and oxygen atoms in total. The number of likely N-dealkylation sites (tertiary alicyclic amines) is 1. The van der Waals surface area contributed by atoms with Crippen LogP contribution in [0.5, 0.6) is 0 Å². The number of thiocarbonyl (C=S) groups is 1. The van der Waals surface area contributed by atoms with Crippen molar-refractivity contribution in [3.63, 3.8) is 0 Å². The largest absolute Gasteiger partial charge is 0.366 e. The van der Waals surface area contributed by atoms with Crippen molar-refractivity contribution in [3.05, 3.63) is 0 Å². The summed E-state index contributed by atoms with van der Waals surface area (Å²) >= 11 is 5.23. The fourth-order valence-electron chi connectivity index (χ4n) is 2.04. The van der Waals surface area contributed by atoms with Gasteiger partial charge < -0.3 is 15.1 Å². The Bertz CT molecular complexity index is 193. The molecule has 76 valence electrons. The summed E-state index contributed by atoms with van der Waals surface area (Å²) in [7, 11) is 6.15. The first-order valence-corrected chi connectivity index (χ1v) is 5.13. The van der Waals surface area contributed by atoms with Gasteiger partial charge in [-0.3, -0.25) is 0 Å². The molecule has 1 heterocycles. The fraction of sp³-hybridized carbons (Fsp3) is 0.889. The molecule has 0 amide bonds. The Balaban J connectivity index is 2.59. The van der Waals surface area contributed by atoms with E-state index < -0.39 is 0 Å². The van der Waals surface area contributed by atoms with Crippen LogP contribution in [0.2, 0.25) is 0 Å². The minimum absolute atomic E-state index is 0.523. The molecule has 0 radical (unpaired) electrons. The summed E-state index contributed by atoms with van der Waals surface area (Å²) in [4.78, 5) is 4.54. The SMILES string of the molecule is CNC(=S)N1CCC(N(C)C)C1C. The predicted octanol–water partition coefficient (Wildman–Crippen LogP) is 0.515. The van der Waals surface area contributed by atoms with Crippen molar-refractivity contribution in [2.24, 2.45) is 0 Å². The Labute approximate surface area is 86.1 Å². The maximum Gasteiger partial charge on any atom is 0.168 e. The summed E-state index contributed by atoms with van der Waals surface area (Å²) in [5.74, 6) is 0. The van der Waals surface area contributed by atoms with Crippen LogP contribution < -0.4 is 5.32 Å². The van der Waals surface area contributed by atoms with E-state index in [1.807, 2.05) is 7.05 Å². The Morgan fingerprint density at radius 2 is 2.15 bits per heavy atom. The van der Waals surface area contributed by atoms with Crippen LogP contribution in [0, 0.1) is 0 Å². The molecule has 1 fully saturated rings. The van der Waals surface area contributed by atoms with Crippen molar-refractivity contribution in [3.8, 4) is 0 Å². The van der Waals surface area contributed by atoms with Gasteiger partial charge in [-0.05, 0) is 39.7 Å². The highest BCUT2D eigenvalue weighted by atomic mass is 32.1. The molecular formula is C9H19N3S. The average Bonchev–Trinajstić information content (AvgIpc) is 2.46. The van der Waals surface area contributed by atoms with Gasteiger partial charge in [-0.2, -0.15) is 0 Å². The van der Waals surface area contributed by atoms with Gasteiger partial charge in [-0.1, -0.05) is 0 Å². The molecule has 0 aromatic heterocycles. The first-order chi connectivity index (χ1) is 6.07. The van der Waals surface area contributed by atoms with E-state index in [0.29, 0.717) is 12.1 Å². The van der Waals surface area contributed by atoms with Gasteiger partial charge in [-0.25, -0.2) is 0 Å². The van der Waals surface area contributed by atoms with E-state index in [1.165, 1.54) is 6.42 Å². The summed E-state index contributed by atoms with van der Waals surface area (Å²) in [5.41, 5.74) is 0. The van der Waals surface area contributed by atoms with Crippen LogP contribution in [0.3, 0.4) is 0 Å². The van der Waals surface area contributed by atoms with Crippen molar-refractivity contribution in [1.29, 1.82) is 0 Å². The maximum atomic E-state index is 5.23. The number of rotatable bonds is 1. The van der Waals surface area contributed by atoms with Crippen LogP contribution in [-0.4, -0.2) is 54.7 Å². The highest BCUT2D eigenvalue weighted by Gasteiger charge is 2.32. The van der Waals surface area contributed by atoms with Gasteiger partial charge in [0.1, 0.15) is 0 Å². The third-order valence-electron chi connectivity index (χ3n) is 2.85. The minimum Gasteiger partial charge on any atom is -0.366 e.